The highest BCUT2D eigenvalue weighted by Crippen LogP contribution is 2.24. The predicted molar refractivity (Wildman–Crippen MR) is 71.6 cm³/mol. The quantitative estimate of drug-likeness (QED) is 0.920. The molecule has 0 radical (unpaired) electrons. The number of hydrogen-bond donors (Lipinski definition) is 1. The van der Waals surface area contributed by atoms with Crippen LogP contribution in [0.15, 0.2) is 24.3 Å². The van der Waals surface area contributed by atoms with Gasteiger partial charge in [-0.15, -0.1) is 0 Å². The number of hydrogen-bond acceptors (Lipinski definition) is 2. The second-order valence-electron chi connectivity index (χ2n) is 5.35. The van der Waals surface area contributed by atoms with Gasteiger partial charge in [0, 0.05) is 13.1 Å². The Labute approximate surface area is 117 Å². The highest BCUT2D eigenvalue weighted by Gasteiger charge is 2.32. The predicted octanol–water partition coefficient (Wildman–Crippen LogP) is 1.94. The molecule has 2 atom stereocenters. The van der Waals surface area contributed by atoms with Gasteiger partial charge < -0.3 is 10.0 Å². The minimum atomic E-state index is -0.789. The van der Waals surface area contributed by atoms with Crippen LogP contribution in [0.1, 0.15) is 18.9 Å². The van der Waals surface area contributed by atoms with Crippen LogP contribution in [0.3, 0.4) is 0 Å². The van der Waals surface area contributed by atoms with Crippen LogP contribution in [-0.4, -0.2) is 35.0 Å². The zero-order valence-corrected chi connectivity index (χ0v) is 11.4. The Morgan fingerprint density at radius 1 is 1.35 bits per heavy atom. The van der Waals surface area contributed by atoms with Gasteiger partial charge in [-0.2, -0.15) is 0 Å². The highest BCUT2D eigenvalue weighted by atomic mass is 19.1. The zero-order chi connectivity index (χ0) is 14.7. The molecule has 1 N–H and O–H groups in total. The Kier molecular flexibility index (Phi) is 4.37. The largest absolute Gasteiger partial charge is 0.481 e. The third kappa shape index (κ3) is 3.35. The summed E-state index contributed by atoms with van der Waals surface area (Å²) in [4.78, 5) is 24.9. The Hall–Kier alpha value is -1.91. The van der Waals surface area contributed by atoms with Crippen LogP contribution in [0, 0.1) is 17.7 Å². The summed E-state index contributed by atoms with van der Waals surface area (Å²) in [6.45, 7) is 2.80. The molecule has 0 spiro atoms. The average molecular weight is 279 g/mol. The molecule has 20 heavy (non-hydrogen) atoms. The van der Waals surface area contributed by atoms with Crippen molar-refractivity contribution >= 4 is 11.9 Å². The SMILES string of the molecule is CC1CN(C(=O)Cc2ccc(F)cc2)CCC1C(=O)O. The van der Waals surface area contributed by atoms with Crippen LogP contribution in [0.25, 0.3) is 0 Å². The van der Waals surface area contributed by atoms with E-state index in [0.717, 1.165) is 5.56 Å². The summed E-state index contributed by atoms with van der Waals surface area (Å²) in [7, 11) is 0. The second kappa shape index (κ2) is 6.03. The number of nitrogens with zero attached hydrogens (tertiary/aromatic N) is 1. The van der Waals surface area contributed by atoms with E-state index in [1.807, 2.05) is 6.92 Å². The maximum Gasteiger partial charge on any atom is 0.306 e. The van der Waals surface area contributed by atoms with E-state index >= 15 is 0 Å². The molecule has 2 rings (SSSR count). The smallest absolute Gasteiger partial charge is 0.306 e. The lowest BCUT2D eigenvalue weighted by atomic mass is 9.87. The summed E-state index contributed by atoms with van der Waals surface area (Å²) in [6.07, 6.45) is 0.719. The number of carbonyl (C=O) groups is 2. The van der Waals surface area contributed by atoms with Gasteiger partial charge in [-0.05, 0) is 30.0 Å². The molecule has 1 heterocycles. The number of piperidine rings is 1. The van der Waals surface area contributed by atoms with Gasteiger partial charge >= 0.3 is 5.97 Å². The molecule has 0 aliphatic carbocycles. The van der Waals surface area contributed by atoms with Crippen molar-refractivity contribution in [3.8, 4) is 0 Å². The molecule has 0 bridgehead atoms. The van der Waals surface area contributed by atoms with Gasteiger partial charge in [0.05, 0.1) is 12.3 Å². The number of amides is 1. The number of carboxylic acids is 1. The lowest BCUT2D eigenvalue weighted by Crippen LogP contribution is -2.45. The molecular formula is C15H18FNO3. The van der Waals surface area contributed by atoms with Crippen molar-refractivity contribution in [2.75, 3.05) is 13.1 Å². The van der Waals surface area contributed by atoms with Gasteiger partial charge in [-0.25, -0.2) is 4.39 Å². The fraction of sp³-hybridized carbons (Fsp3) is 0.467. The molecule has 5 heteroatoms. The fourth-order valence-corrected chi connectivity index (χ4v) is 2.63. The number of benzene rings is 1. The Balaban J connectivity index is 1.94. The maximum atomic E-state index is 12.8. The number of likely N-dealkylation sites (tertiary alicyclic amines) is 1. The monoisotopic (exact) mass is 279 g/mol. The molecule has 1 fully saturated rings. The summed E-state index contributed by atoms with van der Waals surface area (Å²) in [5.41, 5.74) is 0.768. The van der Waals surface area contributed by atoms with E-state index in [4.69, 9.17) is 5.11 Å². The fourth-order valence-electron chi connectivity index (χ4n) is 2.63. The van der Waals surface area contributed by atoms with E-state index in [1.54, 1.807) is 17.0 Å². The molecule has 108 valence electrons. The van der Waals surface area contributed by atoms with Crippen LogP contribution in [0.2, 0.25) is 0 Å². The van der Waals surface area contributed by atoms with E-state index in [9.17, 15) is 14.0 Å². The Bertz CT molecular complexity index is 500. The van der Waals surface area contributed by atoms with E-state index in [1.165, 1.54) is 12.1 Å². The first-order valence-corrected chi connectivity index (χ1v) is 6.72. The topological polar surface area (TPSA) is 57.6 Å². The molecule has 1 amide bonds. The highest BCUT2D eigenvalue weighted by molar-refractivity contribution is 5.79. The van der Waals surface area contributed by atoms with Crippen LogP contribution < -0.4 is 0 Å². The molecule has 4 nitrogen and oxygen atoms in total. The van der Waals surface area contributed by atoms with Crippen molar-refractivity contribution in [3.05, 3.63) is 35.6 Å². The van der Waals surface area contributed by atoms with Crippen molar-refractivity contribution in [1.29, 1.82) is 0 Å². The van der Waals surface area contributed by atoms with E-state index in [-0.39, 0.29) is 30.0 Å². The van der Waals surface area contributed by atoms with Gasteiger partial charge in [0.1, 0.15) is 5.82 Å². The maximum absolute atomic E-state index is 12.8. The van der Waals surface area contributed by atoms with E-state index in [2.05, 4.69) is 0 Å². The van der Waals surface area contributed by atoms with Gasteiger partial charge in [0.2, 0.25) is 5.91 Å². The lowest BCUT2D eigenvalue weighted by Gasteiger charge is -2.35. The molecule has 0 saturated carbocycles. The van der Waals surface area contributed by atoms with Gasteiger partial charge in [0.25, 0.3) is 0 Å². The molecular weight excluding hydrogens is 261 g/mol. The molecule has 2 unspecified atom stereocenters. The number of carboxylic acid groups (broad SMARTS) is 1. The molecule has 1 aromatic rings. The number of rotatable bonds is 3. The number of carbonyl (C=O) groups excluding carboxylic acids is 1. The lowest BCUT2D eigenvalue weighted by molar-refractivity contribution is -0.148. The summed E-state index contributed by atoms with van der Waals surface area (Å²) >= 11 is 0. The second-order valence-corrected chi connectivity index (χ2v) is 5.35. The molecule has 1 aliphatic heterocycles. The van der Waals surface area contributed by atoms with E-state index < -0.39 is 5.97 Å². The van der Waals surface area contributed by atoms with Gasteiger partial charge in [-0.3, -0.25) is 9.59 Å². The first kappa shape index (κ1) is 14.5. The van der Waals surface area contributed by atoms with Crippen molar-refractivity contribution in [2.45, 2.75) is 19.8 Å². The Morgan fingerprint density at radius 2 is 2.00 bits per heavy atom. The van der Waals surface area contributed by atoms with Crippen LogP contribution in [0.4, 0.5) is 4.39 Å². The van der Waals surface area contributed by atoms with Crippen LogP contribution in [0.5, 0.6) is 0 Å². The number of halogens is 1. The van der Waals surface area contributed by atoms with Crippen molar-refractivity contribution in [1.82, 2.24) is 4.90 Å². The summed E-state index contributed by atoms with van der Waals surface area (Å²) in [5.74, 6) is -1.56. The minimum absolute atomic E-state index is 0.0349. The Morgan fingerprint density at radius 3 is 2.55 bits per heavy atom. The van der Waals surface area contributed by atoms with Crippen LogP contribution >= 0.6 is 0 Å². The molecule has 1 aliphatic rings. The first-order valence-electron chi connectivity index (χ1n) is 6.72. The third-order valence-corrected chi connectivity index (χ3v) is 3.84. The van der Waals surface area contributed by atoms with Crippen molar-refractivity contribution in [3.63, 3.8) is 0 Å². The first-order chi connectivity index (χ1) is 9.47. The molecule has 1 saturated heterocycles. The zero-order valence-electron chi connectivity index (χ0n) is 11.4. The normalized spacial score (nSPS) is 22.6. The van der Waals surface area contributed by atoms with Crippen LogP contribution in [-0.2, 0) is 16.0 Å². The molecule has 1 aromatic carbocycles. The summed E-state index contributed by atoms with van der Waals surface area (Å²) in [6, 6.07) is 5.87. The summed E-state index contributed by atoms with van der Waals surface area (Å²) in [5, 5.41) is 9.06. The van der Waals surface area contributed by atoms with Gasteiger partial charge in [0.15, 0.2) is 0 Å². The summed E-state index contributed by atoms with van der Waals surface area (Å²) < 4.78 is 12.8. The standard InChI is InChI=1S/C15H18FNO3/c1-10-9-17(7-6-13(10)15(19)20)14(18)8-11-2-4-12(16)5-3-11/h2-5,10,13H,6-9H2,1H3,(H,19,20). The third-order valence-electron chi connectivity index (χ3n) is 3.84. The van der Waals surface area contributed by atoms with Crippen molar-refractivity contribution < 1.29 is 19.1 Å². The number of aliphatic carboxylic acids is 1. The van der Waals surface area contributed by atoms with Gasteiger partial charge in [-0.1, -0.05) is 19.1 Å². The minimum Gasteiger partial charge on any atom is -0.481 e. The van der Waals surface area contributed by atoms with Crippen molar-refractivity contribution in [2.24, 2.45) is 11.8 Å². The van der Waals surface area contributed by atoms with E-state index in [0.29, 0.717) is 19.5 Å². The molecule has 0 aromatic heterocycles. The average Bonchev–Trinajstić information content (AvgIpc) is 2.40.